The van der Waals surface area contributed by atoms with Crippen molar-refractivity contribution in [3.8, 4) is 11.6 Å². The molecule has 5 saturated carbocycles. The van der Waals surface area contributed by atoms with E-state index in [1.165, 1.54) is 37.0 Å². The number of halogens is 4. The molecule has 5 fully saturated rings. The number of nitrogens with one attached hydrogen (secondary N) is 2. The number of alkyl halides is 3. The number of carbonyl (C=O) groups is 1. The molecule has 0 saturated heterocycles. The fourth-order valence-electron chi connectivity index (χ4n) is 10.5. The van der Waals surface area contributed by atoms with Gasteiger partial charge >= 0.3 is 6.18 Å². The molecule has 8 rings (SSSR count). The maximum atomic E-state index is 15.6. The van der Waals surface area contributed by atoms with Crippen molar-refractivity contribution in [2.45, 2.75) is 74.4 Å². The summed E-state index contributed by atoms with van der Waals surface area (Å²) in [6.07, 6.45) is 7.57. The van der Waals surface area contributed by atoms with Crippen molar-refractivity contribution in [3.63, 3.8) is 0 Å². The number of allylic oxidation sites excluding steroid dienone is 3. The standard InChI is InChI=1S/C36H43F4N5O6S/c1-18-34(16-19-8-6-7-9-22(19)35(18,34)45(2)52(4,5,48)49)51-31-24(36(38,39)40)17-41-32(44-31)43-27-15-25(37)21(14-28(27)50-3)30(46)42-26-11-10-23-29-20(26)12-13-33(23,29)47/h6-7,9,14-15,17-20,23,26,29,47H,8,10-13,16H2,1-5H3,(H,42,46)(H,48,49)(H,41,43,44)/t18-,19?,20-,23?,26+,29-,33+,34-,35+/m1/s1. The SMILES string of the molecule is COc1cc(C(=O)N[C@H]2CCC3[C@H]4[C@@H]2CC[C@]34O)c(F)cc1Nc1ncc(C(F)(F)F)c(O[C@@]23CC4CC=CC=C4[C@@]2(N(C)S(C)(C)(=O)O)[C@@H]3C)n1. The van der Waals surface area contributed by atoms with Crippen LogP contribution in [0, 0.1) is 35.4 Å². The Kier molecular flexibility index (Phi) is 7.48. The number of fused-ring (bicyclic) bond motifs is 4. The first-order chi connectivity index (χ1) is 24.2. The summed E-state index contributed by atoms with van der Waals surface area (Å²) in [5.41, 5.74) is -3.90. The molecular formula is C36H43F4N5O6S. The third-order valence-corrected chi connectivity index (χ3v) is 14.9. The van der Waals surface area contributed by atoms with E-state index >= 15 is 4.39 Å². The van der Waals surface area contributed by atoms with E-state index in [9.17, 15) is 31.8 Å². The molecule has 0 bridgehead atoms. The quantitative estimate of drug-likeness (QED) is 0.245. The average Bonchev–Trinajstić information content (AvgIpc) is 3.64. The van der Waals surface area contributed by atoms with Gasteiger partial charge in [0.05, 0.1) is 24.0 Å². The Hall–Kier alpha value is -3.60. The van der Waals surface area contributed by atoms with Gasteiger partial charge in [0, 0.05) is 43.8 Å². The van der Waals surface area contributed by atoms with Gasteiger partial charge < -0.3 is 25.2 Å². The van der Waals surface area contributed by atoms with Crippen LogP contribution in [-0.2, 0) is 15.7 Å². The summed E-state index contributed by atoms with van der Waals surface area (Å²) in [7, 11) is -1.62. The van der Waals surface area contributed by atoms with Gasteiger partial charge in [0.2, 0.25) is 11.8 Å². The maximum absolute atomic E-state index is 15.6. The van der Waals surface area contributed by atoms with Crippen LogP contribution in [-0.4, -0.2) is 83.5 Å². The molecule has 9 atom stereocenters. The van der Waals surface area contributed by atoms with E-state index in [1.807, 2.05) is 18.2 Å². The number of hydrogen-bond acceptors (Lipinski definition) is 8. The summed E-state index contributed by atoms with van der Waals surface area (Å²) in [5, 5.41) is 16.4. The molecule has 52 heavy (non-hydrogen) atoms. The van der Waals surface area contributed by atoms with Crippen LogP contribution >= 0.6 is 0 Å². The van der Waals surface area contributed by atoms with Gasteiger partial charge in [-0.25, -0.2) is 9.37 Å². The number of aliphatic hydroxyl groups is 1. The second-order valence-corrected chi connectivity index (χ2v) is 19.9. The van der Waals surface area contributed by atoms with E-state index in [1.54, 1.807) is 6.92 Å². The van der Waals surface area contributed by atoms with E-state index < -0.39 is 61.5 Å². The second-order valence-electron chi connectivity index (χ2n) is 15.9. The van der Waals surface area contributed by atoms with Gasteiger partial charge in [0.25, 0.3) is 5.91 Å². The van der Waals surface area contributed by atoms with Crippen molar-refractivity contribution in [3.05, 3.63) is 59.1 Å². The molecule has 1 aromatic heterocycles. The van der Waals surface area contributed by atoms with Gasteiger partial charge in [-0.05, 0) is 73.8 Å². The van der Waals surface area contributed by atoms with Crippen molar-refractivity contribution in [1.82, 2.24) is 19.6 Å². The summed E-state index contributed by atoms with van der Waals surface area (Å²) in [4.78, 5) is 21.3. The summed E-state index contributed by atoms with van der Waals surface area (Å²) < 4.78 is 96.8. The number of benzene rings is 1. The van der Waals surface area contributed by atoms with E-state index in [0.29, 0.717) is 25.5 Å². The van der Waals surface area contributed by atoms with E-state index in [0.717, 1.165) is 24.5 Å². The summed E-state index contributed by atoms with van der Waals surface area (Å²) in [6, 6.07) is 2.00. The summed E-state index contributed by atoms with van der Waals surface area (Å²) in [6.45, 7) is 1.79. The highest BCUT2D eigenvalue weighted by atomic mass is 32.3. The third kappa shape index (κ3) is 4.99. The lowest BCUT2D eigenvalue weighted by Crippen LogP contribution is -2.56. The van der Waals surface area contributed by atoms with Crippen LogP contribution in [0.15, 0.2) is 42.1 Å². The van der Waals surface area contributed by atoms with Crippen molar-refractivity contribution in [2.75, 3.05) is 32.0 Å². The number of ether oxygens (including phenoxy) is 2. The normalized spacial score (nSPS) is 36.2. The van der Waals surface area contributed by atoms with E-state index in [-0.39, 0.29) is 59.1 Å². The fourth-order valence-corrected chi connectivity index (χ4v) is 11.8. The molecule has 6 aliphatic carbocycles. The number of likely N-dealkylation sites (N-methyl/N-ethyl adjacent to an activating group) is 1. The van der Waals surface area contributed by atoms with Gasteiger partial charge in [0.1, 0.15) is 28.3 Å². The lowest BCUT2D eigenvalue weighted by molar-refractivity contribution is -0.140. The highest BCUT2D eigenvalue weighted by Gasteiger charge is 2.86. The Morgan fingerprint density at radius 3 is 2.63 bits per heavy atom. The minimum Gasteiger partial charge on any atom is -0.495 e. The molecule has 4 N–H and O–H groups in total. The Morgan fingerprint density at radius 1 is 1.19 bits per heavy atom. The number of carbonyl (C=O) groups excluding carboxylic acids is 1. The van der Waals surface area contributed by atoms with Crippen LogP contribution in [0.4, 0.5) is 29.2 Å². The number of aromatic nitrogens is 2. The second kappa shape index (κ2) is 11.0. The van der Waals surface area contributed by atoms with Crippen LogP contribution in [0.1, 0.15) is 61.4 Å². The lowest BCUT2D eigenvalue weighted by Gasteiger charge is -2.49. The van der Waals surface area contributed by atoms with Gasteiger partial charge in [-0.1, -0.05) is 25.2 Å². The minimum atomic E-state index is -4.92. The topological polar surface area (TPSA) is 146 Å². The first-order valence-corrected chi connectivity index (χ1v) is 20.2. The van der Waals surface area contributed by atoms with Crippen molar-refractivity contribution in [2.24, 2.45) is 29.6 Å². The highest BCUT2D eigenvalue weighted by molar-refractivity contribution is 8.11. The van der Waals surface area contributed by atoms with Gasteiger partial charge in [-0.3, -0.25) is 9.35 Å². The smallest absolute Gasteiger partial charge is 0.423 e. The molecule has 2 aromatic rings. The Balaban J connectivity index is 1.09. The molecule has 1 amide bonds. The third-order valence-electron chi connectivity index (χ3n) is 13.1. The molecule has 1 aromatic carbocycles. The molecule has 0 radical (unpaired) electrons. The molecule has 11 nitrogen and oxygen atoms in total. The molecule has 1 heterocycles. The number of rotatable bonds is 9. The van der Waals surface area contributed by atoms with Gasteiger partial charge in [0.15, 0.2) is 0 Å². The minimum absolute atomic E-state index is 0.0165. The molecule has 16 heteroatoms. The zero-order chi connectivity index (χ0) is 37.4. The van der Waals surface area contributed by atoms with Gasteiger partial charge in [-0.2, -0.15) is 26.7 Å². The van der Waals surface area contributed by atoms with E-state index in [2.05, 4.69) is 20.6 Å². The number of amides is 1. The molecule has 6 aliphatic rings. The predicted octanol–water partition coefficient (Wildman–Crippen LogP) is 5.48. The van der Waals surface area contributed by atoms with Gasteiger partial charge in [-0.15, -0.1) is 9.53 Å². The lowest BCUT2D eigenvalue weighted by atomic mass is 9.82. The predicted molar refractivity (Wildman–Crippen MR) is 184 cm³/mol. The van der Waals surface area contributed by atoms with E-state index in [4.69, 9.17) is 9.47 Å². The molecule has 282 valence electrons. The number of hydrogen-bond donors (Lipinski definition) is 4. The molecule has 0 spiro atoms. The zero-order valence-corrected chi connectivity index (χ0v) is 30.3. The number of nitrogens with zero attached hydrogens (tertiary/aromatic N) is 3. The average molecular weight is 750 g/mol. The van der Waals surface area contributed by atoms with Crippen molar-refractivity contribution < 1.29 is 45.7 Å². The zero-order valence-electron chi connectivity index (χ0n) is 29.5. The Bertz CT molecular complexity index is 2010. The highest BCUT2D eigenvalue weighted by Crippen LogP contribution is 2.75. The Labute approximate surface area is 298 Å². The number of anilines is 2. The van der Waals surface area contributed by atoms with Crippen LogP contribution < -0.4 is 20.1 Å². The first-order valence-electron chi connectivity index (χ1n) is 17.5. The monoisotopic (exact) mass is 749 g/mol. The van der Waals surface area contributed by atoms with Crippen LogP contribution in [0.25, 0.3) is 0 Å². The van der Waals surface area contributed by atoms with Crippen LogP contribution in [0.5, 0.6) is 11.6 Å². The fraction of sp³-hybridized carbons (Fsp3) is 0.583. The largest absolute Gasteiger partial charge is 0.495 e. The van der Waals surface area contributed by atoms with Crippen molar-refractivity contribution in [1.29, 1.82) is 0 Å². The molecule has 0 aliphatic heterocycles. The molecule has 2 unspecified atom stereocenters. The number of methoxy groups -OCH3 is 1. The van der Waals surface area contributed by atoms with Crippen molar-refractivity contribution >= 4 is 27.1 Å². The van der Waals surface area contributed by atoms with Crippen LogP contribution in [0.2, 0.25) is 0 Å². The Morgan fingerprint density at radius 2 is 1.94 bits per heavy atom. The molecular weight excluding hydrogens is 706 g/mol. The van der Waals surface area contributed by atoms with Crippen LogP contribution in [0.3, 0.4) is 0 Å². The summed E-state index contributed by atoms with van der Waals surface area (Å²) >= 11 is 0. The maximum Gasteiger partial charge on any atom is 0.423 e. The summed E-state index contributed by atoms with van der Waals surface area (Å²) in [5.74, 6) is -2.71. The first kappa shape index (κ1) is 35.4.